The van der Waals surface area contributed by atoms with E-state index in [1.54, 1.807) is 25.6 Å². The van der Waals surface area contributed by atoms with Crippen molar-refractivity contribution in [3.63, 3.8) is 0 Å². The molecule has 1 rings (SSSR count). The van der Waals surface area contributed by atoms with E-state index in [1.807, 2.05) is 0 Å². The zero-order chi connectivity index (χ0) is 15.2. The summed E-state index contributed by atoms with van der Waals surface area (Å²) in [7, 11) is 1.64. The van der Waals surface area contributed by atoms with E-state index in [4.69, 9.17) is 24.1 Å². The van der Waals surface area contributed by atoms with Crippen LogP contribution in [0.4, 0.5) is 0 Å². The molecule has 1 N–H and O–H groups in total. The molecule has 1 heterocycles. The van der Waals surface area contributed by atoms with Crippen molar-refractivity contribution in [1.29, 1.82) is 0 Å². The fourth-order valence-electron chi connectivity index (χ4n) is 1.39. The summed E-state index contributed by atoms with van der Waals surface area (Å²) < 4.78 is 21.0. The van der Waals surface area contributed by atoms with E-state index >= 15 is 0 Å². The minimum Gasteiger partial charge on any atom is -0.490 e. The van der Waals surface area contributed by atoms with Crippen LogP contribution in [-0.2, 0) is 14.2 Å². The van der Waals surface area contributed by atoms with Gasteiger partial charge in [0.05, 0.1) is 39.2 Å². The maximum atomic E-state index is 8.63. The highest BCUT2D eigenvalue weighted by molar-refractivity contribution is 5.36. The van der Waals surface area contributed by atoms with E-state index in [-0.39, 0.29) is 6.61 Å². The highest BCUT2D eigenvalue weighted by Crippen LogP contribution is 2.10. The van der Waals surface area contributed by atoms with Crippen LogP contribution in [0.1, 0.15) is 5.56 Å². The van der Waals surface area contributed by atoms with Crippen LogP contribution in [0.3, 0.4) is 0 Å². The van der Waals surface area contributed by atoms with Gasteiger partial charge in [-0.1, -0.05) is 11.8 Å². The lowest BCUT2D eigenvalue weighted by molar-refractivity contribution is 0.0179. The van der Waals surface area contributed by atoms with Crippen LogP contribution < -0.4 is 4.74 Å². The number of aliphatic hydroxyl groups excluding tert-OH is 1. The Morgan fingerprint density at radius 1 is 1.05 bits per heavy atom. The smallest absolute Gasteiger partial charge is 0.138 e. The third-order valence-electron chi connectivity index (χ3n) is 2.33. The molecule has 21 heavy (non-hydrogen) atoms. The van der Waals surface area contributed by atoms with Crippen molar-refractivity contribution in [2.45, 2.75) is 0 Å². The topological polar surface area (TPSA) is 70.0 Å². The Bertz CT molecular complexity index is 441. The van der Waals surface area contributed by atoms with Gasteiger partial charge in [0.25, 0.3) is 0 Å². The number of hydrogen-bond acceptors (Lipinski definition) is 6. The quantitative estimate of drug-likeness (QED) is 0.500. The van der Waals surface area contributed by atoms with Gasteiger partial charge >= 0.3 is 0 Å². The van der Waals surface area contributed by atoms with Crippen molar-refractivity contribution < 1.29 is 24.1 Å². The first-order valence-electron chi connectivity index (χ1n) is 6.69. The maximum Gasteiger partial charge on any atom is 0.138 e. The number of pyridine rings is 1. The average molecular weight is 295 g/mol. The Labute approximate surface area is 125 Å². The zero-order valence-corrected chi connectivity index (χ0v) is 12.2. The maximum absolute atomic E-state index is 8.63. The predicted octanol–water partition coefficient (Wildman–Crippen LogP) is 0.484. The van der Waals surface area contributed by atoms with Crippen molar-refractivity contribution in [2.75, 3.05) is 53.4 Å². The van der Waals surface area contributed by atoms with Crippen LogP contribution in [-0.4, -0.2) is 63.4 Å². The molecule has 0 bridgehead atoms. The van der Waals surface area contributed by atoms with E-state index in [9.17, 15) is 0 Å². The molecule has 6 nitrogen and oxygen atoms in total. The number of aliphatic hydroxyl groups is 1. The average Bonchev–Trinajstić information content (AvgIpc) is 2.52. The van der Waals surface area contributed by atoms with E-state index < -0.39 is 0 Å². The third-order valence-corrected chi connectivity index (χ3v) is 2.33. The highest BCUT2D eigenvalue weighted by Gasteiger charge is 1.96. The molecule has 0 saturated heterocycles. The summed E-state index contributed by atoms with van der Waals surface area (Å²) in [5, 5.41) is 8.63. The monoisotopic (exact) mass is 295 g/mol. The first kappa shape index (κ1) is 17.4. The summed E-state index contributed by atoms with van der Waals surface area (Å²) in [6.07, 6.45) is 3.22. The molecule has 1 aromatic rings. The SMILES string of the molecule is COCCOCCOCCOc1cncc(C#CCO)c1. The molecule has 1 aromatic heterocycles. The lowest BCUT2D eigenvalue weighted by Gasteiger charge is -2.07. The van der Waals surface area contributed by atoms with Crippen molar-refractivity contribution in [1.82, 2.24) is 4.98 Å². The molecule has 0 fully saturated rings. The second-order valence-corrected chi connectivity index (χ2v) is 3.94. The molecule has 0 atom stereocenters. The van der Waals surface area contributed by atoms with E-state index in [1.165, 1.54) is 0 Å². The van der Waals surface area contributed by atoms with Gasteiger partial charge in [0.1, 0.15) is 19.0 Å². The summed E-state index contributed by atoms with van der Waals surface area (Å²) in [4.78, 5) is 4.01. The van der Waals surface area contributed by atoms with Crippen LogP contribution in [0.5, 0.6) is 5.75 Å². The minimum atomic E-state index is -0.175. The third kappa shape index (κ3) is 9.00. The summed E-state index contributed by atoms with van der Waals surface area (Å²) in [5.74, 6) is 5.95. The van der Waals surface area contributed by atoms with Gasteiger partial charge in [-0.2, -0.15) is 0 Å². The van der Waals surface area contributed by atoms with Crippen LogP contribution in [0.15, 0.2) is 18.5 Å². The van der Waals surface area contributed by atoms with Gasteiger partial charge in [0, 0.05) is 18.9 Å². The number of nitrogens with zero attached hydrogens (tertiary/aromatic N) is 1. The second kappa shape index (κ2) is 12.1. The summed E-state index contributed by atoms with van der Waals surface area (Å²) in [5.41, 5.74) is 0.703. The van der Waals surface area contributed by atoms with E-state index in [0.29, 0.717) is 51.0 Å². The molecule has 0 radical (unpaired) electrons. The van der Waals surface area contributed by atoms with Gasteiger partial charge in [-0.3, -0.25) is 4.98 Å². The largest absolute Gasteiger partial charge is 0.490 e. The Morgan fingerprint density at radius 2 is 1.76 bits per heavy atom. The second-order valence-electron chi connectivity index (χ2n) is 3.94. The summed E-state index contributed by atoms with van der Waals surface area (Å²) in [6.45, 7) is 2.95. The molecular formula is C15H21NO5. The number of aromatic nitrogens is 1. The molecule has 0 amide bonds. The Balaban J connectivity index is 2.10. The number of ether oxygens (including phenoxy) is 4. The Kier molecular flexibility index (Phi) is 10.0. The zero-order valence-electron chi connectivity index (χ0n) is 12.2. The molecule has 0 aliphatic heterocycles. The van der Waals surface area contributed by atoms with Crippen molar-refractivity contribution in [3.8, 4) is 17.6 Å². The lowest BCUT2D eigenvalue weighted by atomic mass is 10.3. The van der Waals surface area contributed by atoms with E-state index in [2.05, 4.69) is 16.8 Å². The number of hydrogen-bond donors (Lipinski definition) is 1. The highest BCUT2D eigenvalue weighted by atomic mass is 16.6. The molecule has 0 unspecified atom stereocenters. The fourth-order valence-corrected chi connectivity index (χ4v) is 1.39. The predicted molar refractivity (Wildman–Crippen MR) is 77.2 cm³/mol. The van der Waals surface area contributed by atoms with Crippen molar-refractivity contribution >= 4 is 0 Å². The van der Waals surface area contributed by atoms with Crippen LogP contribution >= 0.6 is 0 Å². The molecule has 0 aliphatic carbocycles. The normalized spacial score (nSPS) is 10.0. The van der Waals surface area contributed by atoms with Crippen molar-refractivity contribution in [2.24, 2.45) is 0 Å². The fraction of sp³-hybridized carbons (Fsp3) is 0.533. The molecule has 0 aromatic carbocycles. The Hall–Kier alpha value is -1.65. The first-order valence-corrected chi connectivity index (χ1v) is 6.69. The van der Waals surface area contributed by atoms with Gasteiger partial charge in [-0.25, -0.2) is 0 Å². The summed E-state index contributed by atoms with van der Waals surface area (Å²) in [6, 6.07) is 1.77. The molecule has 116 valence electrons. The summed E-state index contributed by atoms with van der Waals surface area (Å²) >= 11 is 0. The lowest BCUT2D eigenvalue weighted by Crippen LogP contribution is -2.12. The van der Waals surface area contributed by atoms with Gasteiger partial charge in [0.2, 0.25) is 0 Å². The van der Waals surface area contributed by atoms with Gasteiger partial charge in [-0.15, -0.1) is 0 Å². The molecule has 6 heteroatoms. The van der Waals surface area contributed by atoms with Gasteiger partial charge < -0.3 is 24.1 Å². The van der Waals surface area contributed by atoms with Gasteiger partial charge in [0.15, 0.2) is 0 Å². The Morgan fingerprint density at radius 3 is 2.48 bits per heavy atom. The van der Waals surface area contributed by atoms with Crippen molar-refractivity contribution in [3.05, 3.63) is 24.0 Å². The van der Waals surface area contributed by atoms with Gasteiger partial charge in [-0.05, 0) is 6.07 Å². The molecule has 0 spiro atoms. The number of rotatable bonds is 10. The minimum absolute atomic E-state index is 0.175. The number of methoxy groups -OCH3 is 1. The van der Waals surface area contributed by atoms with E-state index in [0.717, 1.165) is 0 Å². The molecule has 0 saturated carbocycles. The standard InChI is InChI=1S/C15H21NO5/c1-18-5-6-19-7-8-20-9-10-21-15-11-14(3-2-4-17)12-16-13-15/h11-13,17H,4-10H2,1H3. The van der Waals surface area contributed by atoms with Crippen LogP contribution in [0.2, 0.25) is 0 Å². The first-order chi connectivity index (χ1) is 10.4. The molecule has 0 aliphatic rings. The van der Waals surface area contributed by atoms with Crippen LogP contribution in [0.25, 0.3) is 0 Å². The van der Waals surface area contributed by atoms with Crippen LogP contribution in [0, 0.1) is 11.8 Å². The molecular weight excluding hydrogens is 274 g/mol.